The van der Waals surface area contributed by atoms with Crippen LogP contribution in [0.15, 0.2) is 18.2 Å². The quantitative estimate of drug-likeness (QED) is 0.291. The van der Waals surface area contributed by atoms with Crippen molar-refractivity contribution in [3.8, 4) is 11.6 Å². The summed E-state index contributed by atoms with van der Waals surface area (Å²) in [6, 6.07) is 4.28. The minimum atomic E-state index is -2.88. The van der Waals surface area contributed by atoms with Crippen LogP contribution < -0.4 is 9.47 Å². The Balaban J connectivity index is 1.94. The molecule has 3 rings (SSSR count). The van der Waals surface area contributed by atoms with Crippen molar-refractivity contribution in [1.29, 1.82) is 0 Å². The van der Waals surface area contributed by atoms with Gasteiger partial charge in [-0.1, -0.05) is 6.07 Å². The zero-order chi connectivity index (χ0) is 26.8. The number of hydrogen-bond donors (Lipinski definition) is 4. The smallest absolute Gasteiger partial charge is 0.494 e. The highest BCUT2D eigenvalue weighted by atomic mass is 19.1. The number of nitrogens with zero attached hydrogens (tertiary/aromatic N) is 2. The van der Waals surface area contributed by atoms with Gasteiger partial charge in [0.1, 0.15) is 24.9 Å². The van der Waals surface area contributed by atoms with Crippen LogP contribution in [0.25, 0.3) is 0 Å². The Hall–Kier alpha value is -2.97. The Morgan fingerprint density at radius 2 is 1.94 bits per heavy atom. The summed E-state index contributed by atoms with van der Waals surface area (Å²) >= 11 is 0. The first kappa shape index (κ1) is 27.6. The number of methoxy groups -OCH3 is 2. The fourth-order valence-corrected chi connectivity index (χ4v) is 3.88. The lowest BCUT2D eigenvalue weighted by Crippen LogP contribution is -2.67. The van der Waals surface area contributed by atoms with Crippen molar-refractivity contribution in [2.75, 3.05) is 20.8 Å². The fraction of sp³-hybridized carbons (Fsp3) is 0.565. The molecule has 2 heterocycles. The van der Waals surface area contributed by atoms with Crippen molar-refractivity contribution < 1.29 is 53.3 Å². The third kappa shape index (κ3) is 5.55. The molecule has 0 spiro atoms. The molecular weight excluding hydrogens is 483 g/mol. The molecule has 36 heavy (non-hydrogen) atoms. The van der Waals surface area contributed by atoms with Gasteiger partial charge in [0.25, 0.3) is 0 Å². The second-order valence-electron chi connectivity index (χ2n) is 8.63. The van der Waals surface area contributed by atoms with E-state index in [1.807, 2.05) is 13.8 Å². The minimum absolute atomic E-state index is 0.0746. The molecule has 1 aromatic carbocycles. The van der Waals surface area contributed by atoms with Gasteiger partial charge in [-0.2, -0.15) is 0 Å². The lowest BCUT2D eigenvalue weighted by Gasteiger charge is -2.44. The van der Waals surface area contributed by atoms with Crippen LogP contribution in [0.2, 0.25) is 0 Å². The summed E-state index contributed by atoms with van der Waals surface area (Å²) in [4.78, 5) is 11.3. The highest BCUT2D eigenvalue weighted by molar-refractivity contribution is 5.59. The van der Waals surface area contributed by atoms with Crippen molar-refractivity contribution in [1.82, 2.24) is 9.78 Å². The molecule has 2 aromatic rings. The lowest BCUT2D eigenvalue weighted by molar-refractivity contribution is -0.423. The molecule has 1 aliphatic heterocycles. The van der Waals surface area contributed by atoms with Gasteiger partial charge in [-0.05, 0) is 38.5 Å². The summed E-state index contributed by atoms with van der Waals surface area (Å²) in [7, 11) is 2.42. The van der Waals surface area contributed by atoms with Gasteiger partial charge in [0.15, 0.2) is 17.7 Å². The zero-order valence-electron chi connectivity index (χ0n) is 20.5. The standard InChI is InChI=1S/C23H31FN2O10/c1-11(2)26-12(3)14(8-13-6-7-16(32-4)15(24)9-13)21(25-26)36-23(31)20(29)19(28)18(27)17(35-23)10-34-22(30)33-5/h6-7,9,11,17-20,27-29,31H,8,10H2,1-5H3/t17-,18-,19+,20-,23+/m1/s1. The second-order valence-corrected chi connectivity index (χ2v) is 8.63. The Kier molecular flexibility index (Phi) is 8.41. The third-order valence-corrected chi connectivity index (χ3v) is 5.85. The first-order valence-electron chi connectivity index (χ1n) is 11.2. The van der Waals surface area contributed by atoms with E-state index in [2.05, 4.69) is 9.84 Å². The number of benzene rings is 1. The number of ether oxygens (including phenoxy) is 5. The van der Waals surface area contributed by atoms with Crippen LogP contribution in [-0.2, 0) is 20.6 Å². The number of halogens is 1. The third-order valence-electron chi connectivity index (χ3n) is 5.85. The van der Waals surface area contributed by atoms with Gasteiger partial charge in [-0.3, -0.25) is 4.68 Å². The lowest BCUT2D eigenvalue weighted by atomic mass is 9.97. The molecule has 0 amide bonds. The van der Waals surface area contributed by atoms with Gasteiger partial charge in [0, 0.05) is 23.7 Å². The highest BCUT2D eigenvalue weighted by Gasteiger charge is 2.56. The van der Waals surface area contributed by atoms with Crippen LogP contribution >= 0.6 is 0 Å². The van der Waals surface area contributed by atoms with Gasteiger partial charge in [0.05, 0.1) is 14.2 Å². The molecule has 4 N–H and O–H groups in total. The first-order valence-corrected chi connectivity index (χ1v) is 11.2. The van der Waals surface area contributed by atoms with E-state index in [4.69, 9.17) is 18.9 Å². The molecule has 5 atom stereocenters. The topological polar surface area (TPSA) is 162 Å². The Labute approximate surface area is 206 Å². The summed E-state index contributed by atoms with van der Waals surface area (Å²) in [6.45, 7) is 4.85. The molecule has 0 bridgehead atoms. The number of carbonyl (C=O) groups is 1. The molecule has 0 aliphatic carbocycles. The van der Waals surface area contributed by atoms with Crippen LogP contribution in [0, 0.1) is 12.7 Å². The largest absolute Gasteiger partial charge is 0.508 e. The fourth-order valence-electron chi connectivity index (χ4n) is 3.88. The number of aliphatic hydroxyl groups excluding tert-OH is 3. The molecule has 1 aliphatic rings. The molecule has 200 valence electrons. The summed E-state index contributed by atoms with van der Waals surface area (Å²) in [5, 5.41) is 46.5. The molecule has 13 heteroatoms. The Bertz CT molecular complexity index is 1080. The average molecular weight is 515 g/mol. The van der Waals surface area contributed by atoms with E-state index in [0.29, 0.717) is 16.8 Å². The average Bonchev–Trinajstić information content (AvgIpc) is 3.14. The van der Waals surface area contributed by atoms with E-state index in [1.165, 1.54) is 19.2 Å². The monoisotopic (exact) mass is 514 g/mol. The predicted molar refractivity (Wildman–Crippen MR) is 120 cm³/mol. The predicted octanol–water partition coefficient (Wildman–Crippen LogP) is 0.800. The van der Waals surface area contributed by atoms with Crippen LogP contribution in [0.1, 0.15) is 36.7 Å². The van der Waals surface area contributed by atoms with Gasteiger partial charge in [0.2, 0.25) is 5.88 Å². The molecule has 1 saturated heterocycles. The molecule has 12 nitrogen and oxygen atoms in total. The van der Waals surface area contributed by atoms with Gasteiger partial charge < -0.3 is 44.1 Å². The molecular formula is C23H31FN2O10. The summed E-state index contributed by atoms with van der Waals surface area (Å²) in [6.07, 6.45) is -8.23. The summed E-state index contributed by atoms with van der Waals surface area (Å²) < 4.78 is 40.9. The maximum Gasteiger partial charge on any atom is 0.508 e. The van der Waals surface area contributed by atoms with Crippen molar-refractivity contribution in [2.45, 2.75) is 63.6 Å². The van der Waals surface area contributed by atoms with E-state index in [0.717, 1.165) is 7.11 Å². The molecule has 0 radical (unpaired) electrons. The zero-order valence-corrected chi connectivity index (χ0v) is 20.5. The Morgan fingerprint density at radius 1 is 1.25 bits per heavy atom. The van der Waals surface area contributed by atoms with Crippen molar-refractivity contribution in [3.05, 3.63) is 40.8 Å². The van der Waals surface area contributed by atoms with Crippen LogP contribution in [0.3, 0.4) is 0 Å². The van der Waals surface area contributed by atoms with E-state index < -0.39 is 49.0 Å². The Morgan fingerprint density at radius 3 is 2.53 bits per heavy atom. The van der Waals surface area contributed by atoms with E-state index >= 15 is 0 Å². The van der Waals surface area contributed by atoms with Gasteiger partial charge >= 0.3 is 12.1 Å². The van der Waals surface area contributed by atoms with E-state index in [1.54, 1.807) is 17.7 Å². The molecule has 0 saturated carbocycles. The van der Waals surface area contributed by atoms with Gasteiger partial charge in [-0.25, -0.2) is 9.18 Å². The summed E-state index contributed by atoms with van der Waals surface area (Å²) in [5.41, 5.74) is 1.62. The van der Waals surface area contributed by atoms with Crippen molar-refractivity contribution >= 4 is 6.16 Å². The van der Waals surface area contributed by atoms with E-state index in [9.17, 15) is 29.6 Å². The van der Waals surface area contributed by atoms with Gasteiger partial charge in [-0.15, -0.1) is 5.10 Å². The SMILES string of the molecule is COC(=O)OC[C@H]1O[C@](O)(Oc2nn(C(C)C)c(C)c2Cc2ccc(OC)c(F)c2)[C@H](O)[C@@H](O)[C@@H]1O. The maximum atomic E-state index is 14.3. The normalized spacial score (nSPS) is 26.1. The van der Waals surface area contributed by atoms with Crippen molar-refractivity contribution in [2.24, 2.45) is 0 Å². The number of hydrogen-bond acceptors (Lipinski definition) is 11. The second kappa shape index (κ2) is 11.0. The number of rotatable bonds is 8. The number of aromatic nitrogens is 2. The maximum absolute atomic E-state index is 14.3. The highest BCUT2D eigenvalue weighted by Crippen LogP contribution is 2.35. The first-order chi connectivity index (χ1) is 16.9. The molecule has 1 aromatic heterocycles. The van der Waals surface area contributed by atoms with Crippen LogP contribution in [0.5, 0.6) is 11.6 Å². The van der Waals surface area contributed by atoms with E-state index in [-0.39, 0.29) is 24.1 Å². The van der Waals surface area contributed by atoms with Crippen LogP contribution in [-0.4, -0.2) is 87.6 Å². The number of aliphatic hydroxyl groups is 4. The number of carbonyl (C=O) groups excluding carboxylic acids is 1. The molecule has 1 fully saturated rings. The summed E-state index contributed by atoms with van der Waals surface area (Å²) in [5.74, 6) is -3.53. The van der Waals surface area contributed by atoms with Crippen molar-refractivity contribution in [3.63, 3.8) is 0 Å². The molecule has 0 unspecified atom stereocenters. The van der Waals surface area contributed by atoms with Crippen LogP contribution in [0.4, 0.5) is 9.18 Å². The minimum Gasteiger partial charge on any atom is -0.494 e.